The van der Waals surface area contributed by atoms with E-state index in [1.54, 1.807) is 25.1 Å². The van der Waals surface area contributed by atoms with Gasteiger partial charge in [0.1, 0.15) is 0 Å². The van der Waals surface area contributed by atoms with Gasteiger partial charge < -0.3 is 15.7 Å². The number of aliphatic hydroxyl groups is 1. The molecule has 1 aliphatic rings. The van der Waals surface area contributed by atoms with Crippen molar-refractivity contribution >= 4 is 63.7 Å². The number of hydrogen-bond donors (Lipinski definition) is 3. The Morgan fingerprint density at radius 1 is 1.18 bits per heavy atom. The highest BCUT2D eigenvalue weighted by Gasteiger charge is 2.66. The van der Waals surface area contributed by atoms with Gasteiger partial charge in [0.05, 0.1) is 33.2 Å². The SMILES string of the molecule is Cc1ccc(NC(=O)CSC2=C(C#N)[C@H](c3ccccc3Cl)[C@H](C(=O)c3cccs3)[C@](O)(C(F)(F)F)N2)cc1Cl. The summed E-state index contributed by atoms with van der Waals surface area (Å²) < 4.78 is 43.9. The normalized spacial score (nSPS) is 20.9. The lowest BCUT2D eigenvalue weighted by atomic mass is 9.70. The number of nitrogens with zero attached hydrogens (tertiary/aromatic N) is 1. The van der Waals surface area contributed by atoms with Gasteiger partial charge in [0, 0.05) is 21.7 Å². The molecule has 13 heteroatoms. The molecule has 2 aromatic carbocycles. The average molecular weight is 627 g/mol. The summed E-state index contributed by atoms with van der Waals surface area (Å²) >= 11 is 14.0. The van der Waals surface area contributed by atoms with Crippen LogP contribution in [0.4, 0.5) is 18.9 Å². The van der Waals surface area contributed by atoms with Gasteiger partial charge in [-0.1, -0.05) is 65.3 Å². The topological polar surface area (TPSA) is 102 Å². The molecular formula is C27H20Cl2F3N3O3S2. The van der Waals surface area contributed by atoms with Gasteiger partial charge in [0.25, 0.3) is 0 Å². The summed E-state index contributed by atoms with van der Waals surface area (Å²) in [6, 6.07) is 15.4. The second kappa shape index (κ2) is 11.8. The van der Waals surface area contributed by atoms with Gasteiger partial charge in [-0.3, -0.25) is 9.59 Å². The van der Waals surface area contributed by atoms with Crippen molar-refractivity contribution in [2.45, 2.75) is 24.7 Å². The predicted octanol–water partition coefficient (Wildman–Crippen LogP) is 6.91. The van der Waals surface area contributed by atoms with Crippen LogP contribution in [0.3, 0.4) is 0 Å². The molecule has 0 saturated heterocycles. The Labute approximate surface area is 245 Å². The van der Waals surface area contributed by atoms with Gasteiger partial charge in [-0.15, -0.1) is 11.3 Å². The van der Waals surface area contributed by atoms with Crippen molar-refractivity contribution < 1.29 is 27.9 Å². The Morgan fingerprint density at radius 2 is 1.90 bits per heavy atom. The summed E-state index contributed by atoms with van der Waals surface area (Å²) in [6.07, 6.45) is -5.36. The molecule has 3 aromatic rings. The highest BCUT2D eigenvalue weighted by atomic mass is 35.5. The number of benzene rings is 2. The lowest BCUT2D eigenvalue weighted by Crippen LogP contribution is -2.66. The fourth-order valence-electron chi connectivity index (χ4n) is 4.33. The standard InChI is InChI=1S/C27H20Cl2F3N3O3S2/c1-14-8-9-15(11-19(14)29)34-21(36)13-40-25-17(12-33)22(16-5-2-3-6-18(16)28)23(24(37)20-7-4-10-39-20)26(38,35-25)27(30,31)32/h2-11,22-23,35,38H,13H2,1H3,(H,34,36)/t22-,23+,26-/m0/s1. The minimum Gasteiger partial charge on any atom is -0.363 e. The number of allylic oxidation sites excluding steroid dienone is 1. The number of thiophene rings is 1. The van der Waals surface area contributed by atoms with Crippen LogP contribution in [0.15, 0.2) is 70.6 Å². The maximum absolute atomic E-state index is 14.6. The lowest BCUT2D eigenvalue weighted by molar-refractivity contribution is -0.285. The fourth-order valence-corrected chi connectivity index (χ4v) is 6.37. The zero-order chi connectivity index (χ0) is 29.2. The van der Waals surface area contributed by atoms with Gasteiger partial charge in [-0.25, -0.2) is 0 Å². The number of halogens is 5. The molecule has 1 amide bonds. The highest BCUT2D eigenvalue weighted by molar-refractivity contribution is 8.03. The Kier molecular flexibility index (Phi) is 8.87. The van der Waals surface area contributed by atoms with E-state index in [2.05, 4.69) is 5.32 Å². The first-order chi connectivity index (χ1) is 18.9. The third-order valence-corrected chi connectivity index (χ3v) is 8.94. The molecule has 3 atom stereocenters. The summed E-state index contributed by atoms with van der Waals surface area (Å²) in [7, 11) is 0. The zero-order valence-corrected chi connectivity index (χ0v) is 23.7. The van der Waals surface area contributed by atoms with E-state index < -0.39 is 46.2 Å². The van der Waals surface area contributed by atoms with Gasteiger partial charge in [0.2, 0.25) is 11.6 Å². The number of hydrogen-bond acceptors (Lipinski definition) is 7. The maximum atomic E-state index is 14.6. The predicted molar refractivity (Wildman–Crippen MR) is 150 cm³/mol. The first-order valence-corrected chi connectivity index (χ1v) is 14.2. The van der Waals surface area contributed by atoms with Gasteiger partial charge >= 0.3 is 6.18 Å². The Bertz CT molecular complexity index is 1520. The number of nitrogens with one attached hydrogen (secondary N) is 2. The fraction of sp³-hybridized carbons (Fsp3) is 0.222. The van der Waals surface area contributed by atoms with E-state index in [-0.39, 0.29) is 21.0 Å². The maximum Gasteiger partial charge on any atom is 0.437 e. The Hall–Kier alpha value is -3.01. The van der Waals surface area contributed by atoms with E-state index in [9.17, 15) is 33.1 Å². The van der Waals surface area contributed by atoms with E-state index in [0.717, 1.165) is 16.9 Å². The van der Waals surface area contributed by atoms with Gasteiger partial charge in [0.15, 0.2) is 5.78 Å². The molecule has 0 saturated carbocycles. The summed E-state index contributed by atoms with van der Waals surface area (Å²) in [4.78, 5) is 26.2. The molecule has 0 spiro atoms. The largest absolute Gasteiger partial charge is 0.437 e. The van der Waals surface area contributed by atoms with Gasteiger partial charge in [-0.2, -0.15) is 18.4 Å². The molecule has 6 nitrogen and oxygen atoms in total. The van der Waals surface area contributed by atoms with E-state index >= 15 is 0 Å². The van der Waals surface area contributed by atoms with Crippen LogP contribution in [0.5, 0.6) is 0 Å². The molecule has 208 valence electrons. The second-order valence-electron chi connectivity index (χ2n) is 8.86. The number of carbonyl (C=O) groups excluding carboxylic acids is 2. The number of anilines is 1. The summed E-state index contributed by atoms with van der Waals surface area (Å²) in [6.45, 7) is 1.78. The second-order valence-corrected chi connectivity index (χ2v) is 11.6. The molecule has 0 unspecified atom stereocenters. The molecule has 0 fully saturated rings. The number of carbonyl (C=O) groups is 2. The third-order valence-electron chi connectivity index (χ3n) is 6.29. The summed E-state index contributed by atoms with van der Waals surface area (Å²) in [5.74, 6) is -5.82. The Balaban J connectivity index is 1.78. The number of rotatable bonds is 7. The van der Waals surface area contributed by atoms with E-state index in [4.69, 9.17) is 23.2 Å². The van der Waals surface area contributed by atoms with Crippen LogP contribution in [0.1, 0.15) is 26.7 Å². The van der Waals surface area contributed by atoms with Crippen LogP contribution >= 0.6 is 46.3 Å². The molecule has 2 heterocycles. The molecule has 40 heavy (non-hydrogen) atoms. The van der Waals surface area contributed by atoms with Crippen molar-refractivity contribution in [2.75, 3.05) is 11.1 Å². The molecule has 0 bridgehead atoms. The number of Topliss-reactive ketones (excluding diaryl/α,β-unsaturated/α-hetero) is 1. The first-order valence-electron chi connectivity index (χ1n) is 11.6. The number of alkyl halides is 3. The van der Waals surface area contributed by atoms with Crippen molar-refractivity contribution in [3.05, 3.63) is 96.6 Å². The number of thioether (sulfide) groups is 1. The first kappa shape index (κ1) is 30.0. The van der Waals surface area contributed by atoms with Crippen LogP contribution in [-0.4, -0.2) is 34.5 Å². The zero-order valence-electron chi connectivity index (χ0n) is 20.6. The van der Waals surface area contributed by atoms with Crippen LogP contribution in [0, 0.1) is 24.2 Å². The highest BCUT2D eigenvalue weighted by Crippen LogP contribution is 2.52. The van der Waals surface area contributed by atoms with Crippen LogP contribution in [0.25, 0.3) is 0 Å². The van der Waals surface area contributed by atoms with Crippen molar-refractivity contribution in [1.82, 2.24) is 5.32 Å². The van der Waals surface area contributed by atoms with Gasteiger partial charge in [-0.05, 0) is 47.7 Å². The molecule has 4 rings (SSSR count). The van der Waals surface area contributed by atoms with Crippen molar-refractivity contribution in [1.29, 1.82) is 5.26 Å². The molecule has 1 aliphatic heterocycles. The number of ketones is 1. The quantitative estimate of drug-likeness (QED) is 0.247. The number of nitriles is 1. The van der Waals surface area contributed by atoms with Crippen molar-refractivity contribution in [2.24, 2.45) is 5.92 Å². The van der Waals surface area contributed by atoms with E-state index in [0.29, 0.717) is 22.5 Å². The van der Waals surface area contributed by atoms with E-state index in [1.165, 1.54) is 41.8 Å². The minimum atomic E-state index is -5.36. The number of aryl methyl sites for hydroxylation is 1. The molecular weight excluding hydrogens is 606 g/mol. The van der Waals surface area contributed by atoms with Crippen LogP contribution in [-0.2, 0) is 4.79 Å². The summed E-state index contributed by atoms with van der Waals surface area (Å²) in [5.41, 5.74) is -2.85. The van der Waals surface area contributed by atoms with Crippen LogP contribution in [0.2, 0.25) is 10.0 Å². The Morgan fingerprint density at radius 3 is 2.50 bits per heavy atom. The molecule has 0 radical (unpaired) electrons. The van der Waals surface area contributed by atoms with Crippen LogP contribution < -0.4 is 10.6 Å². The van der Waals surface area contributed by atoms with E-state index in [1.807, 2.05) is 11.4 Å². The molecule has 3 N–H and O–H groups in total. The number of amides is 1. The average Bonchev–Trinajstić information content (AvgIpc) is 3.44. The lowest BCUT2D eigenvalue weighted by Gasteiger charge is -2.45. The van der Waals surface area contributed by atoms with Crippen molar-refractivity contribution in [3.8, 4) is 6.07 Å². The smallest absolute Gasteiger partial charge is 0.363 e. The third kappa shape index (κ3) is 5.87. The monoisotopic (exact) mass is 625 g/mol. The minimum absolute atomic E-state index is 0.00833. The summed E-state index contributed by atoms with van der Waals surface area (Å²) in [5, 5.41) is 27.5. The van der Waals surface area contributed by atoms with Crippen molar-refractivity contribution in [3.63, 3.8) is 0 Å². The molecule has 0 aliphatic carbocycles. The molecule has 1 aromatic heterocycles.